The second-order valence-corrected chi connectivity index (χ2v) is 5.75. The van der Waals surface area contributed by atoms with E-state index >= 15 is 0 Å². The van der Waals surface area contributed by atoms with Crippen molar-refractivity contribution in [2.45, 2.75) is 32.8 Å². The Morgan fingerprint density at radius 3 is 2.81 bits per heavy atom. The molecular weight excluding hydrogens is 222 g/mol. The van der Waals surface area contributed by atoms with Crippen molar-refractivity contribution >= 4 is 16.5 Å². The first-order chi connectivity index (χ1) is 7.42. The van der Waals surface area contributed by atoms with Gasteiger partial charge in [0.25, 0.3) is 0 Å². The lowest BCUT2D eigenvalue weighted by atomic mass is 10.0. The first-order valence-corrected chi connectivity index (χ1v) is 6.38. The average Bonchev–Trinajstić information content (AvgIpc) is 2.60. The van der Waals surface area contributed by atoms with E-state index in [0.29, 0.717) is 17.5 Å². The third-order valence-electron chi connectivity index (χ3n) is 2.40. The van der Waals surface area contributed by atoms with E-state index in [1.54, 1.807) is 13.1 Å². The van der Waals surface area contributed by atoms with Crippen LogP contribution >= 0.6 is 11.3 Å². The Kier molecular flexibility index (Phi) is 4.70. The molecule has 5 heteroatoms. The third-order valence-corrected chi connectivity index (χ3v) is 3.48. The molecule has 0 amide bonds. The number of nitrogen functional groups attached to an aromatic ring is 1. The highest BCUT2D eigenvalue weighted by molar-refractivity contribution is 7.15. The SMILES string of the molecule is CC(C)CNCCC(C)(O)c1cnc(N)s1. The number of aromatic nitrogens is 1. The number of nitrogens with zero attached hydrogens (tertiary/aromatic N) is 1. The number of rotatable bonds is 6. The Hall–Kier alpha value is -0.650. The molecule has 0 aliphatic carbocycles. The molecule has 0 saturated carbocycles. The second-order valence-electron chi connectivity index (χ2n) is 4.68. The van der Waals surface area contributed by atoms with Crippen LogP contribution in [0.15, 0.2) is 6.20 Å². The molecule has 1 rings (SSSR count). The van der Waals surface area contributed by atoms with Gasteiger partial charge in [0.15, 0.2) is 5.13 Å². The summed E-state index contributed by atoms with van der Waals surface area (Å²) < 4.78 is 0. The smallest absolute Gasteiger partial charge is 0.180 e. The van der Waals surface area contributed by atoms with Gasteiger partial charge in [0, 0.05) is 6.20 Å². The topological polar surface area (TPSA) is 71.2 Å². The molecule has 1 unspecified atom stereocenters. The van der Waals surface area contributed by atoms with Crippen LogP contribution in [0.25, 0.3) is 0 Å². The Labute approximate surface area is 101 Å². The van der Waals surface area contributed by atoms with E-state index in [-0.39, 0.29) is 0 Å². The number of thiazole rings is 1. The van der Waals surface area contributed by atoms with Crippen molar-refractivity contribution in [2.24, 2.45) is 5.92 Å². The molecule has 4 nitrogen and oxygen atoms in total. The van der Waals surface area contributed by atoms with Crippen molar-refractivity contribution in [2.75, 3.05) is 18.8 Å². The van der Waals surface area contributed by atoms with Gasteiger partial charge < -0.3 is 16.2 Å². The van der Waals surface area contributed by atoms with Crippen LogP contribution in [0.2, 0.25) is 0 Å². The fraction of sp³-hybridized carbons (Fsp3) is 0.727. The van der Waals surface area contributed by atoms with Crippen LogP contribution in [0.1, 0.15) is 32.1 Å². The van der Waals surface area contributed by atoms with Crippen molar-refractivity contribution in [3.05, 3.63) is 11.1 Å². The van der Waals surface area contributed by atoms with E-state index in [4.69, 9.17) is 5.73 Å². The fourth-order valence-corrected chi connectivity index (χ4v) is 2.14. The summed E-state index contributed by atoms with van der Waals surface area (Å²) in [5.74, 6) is 0.629. The molecule has 1 atom stereocenters. The fourth-order valence-electron chi connectivity index (χ4n) is 1.38. The van der Waals surface area contributed by atoms with Gasteiger partial charge in [-0.2, -0.15) is 0 Å². The minimum atomic E-state index is -0.834. The summed E-state index contributed by atoms with van der Waals surface area (Å²) in [5.41, 5.74) is 4.72. The largest absolute Gasteiger partial charge is 0.385 e. The first kappa shape index (κ1) is 13.4. The molecule has 0 saturated heterocycles. The van der Waals surface area contributed by atoms with Gasteiger partial charge in [-0.05, 0) is 32.4 Å². The number of anilines is 1. The molecule has 1 aromatic heterocycles. The molecule has 0 bridgehead atoms. The number of nitrogens with two attached hydrogens (primary N) is 1. The highest BCUT2D eigenvalue weighted by Gasteiger charge is 2.24. The Bertz CT molecular complexity index is 323. The van der Waals surface area contributed by atoms with Crippen LogP contribution in [-0.4, -0.2) is 23.2 Å². The van der Waals surface area contributed by atoms with Crippen LogP contribution in [-0.2, 0) is 5.60 Å². The number of hydrogen-bond donors (Lipinski definition) is 3. The summed E-state index contributed by atoms with van der Waals surface area (Å²) >= 11 is 1.35. The molecule has 0 aliphatic rings. The molecule has 0 fully saturated rings. The van der Waals surface area contributed by atoms with Gasteiger partial charge in [0.05, 0.1) is 10.5 Å². The normalized spacial score (nSPS) is 15.3. The van der Waals surface area contributed by atoms with E-state index < -0.39 is 5.60 Å². The molecule has 4 N–H and O–H groups in total. The molecule has 0 radical (unpaired) electrons. The Morgan fingerprint density at radius 2 is 2.31 bits per heavy atom. The number of aliphatic hydroxyl groups is 1. The van der Waals surface area contributed by atoms with E-state index in [1.807, 2.05) is 0 Å². The number of nitrogens with one attached hydrogen (secondary N) is 1. The zero-order valence-corrected chi connectivity index (χ0v) is 11.0. The predicted octanol–water partition coefficient (Wildman–Crippen LogP) is 1.57. The maximum absolute atomic E-state index is 10.2. The van der Waals surface area contributed by atoms with Crippen LogP contribution in [0.5, 0.6) is 0 Å². The van der Waals surface area contributed by atoms with Gasteiger partial charge in [-0.1, -0.05) is 25.2 Å². The standard InChI is InChI=1S/C11H21N3OS/c1-8(2)6-13-5-4-11(3,15)9-7-14-10(12)16-9/h7-8,13,15H,4-6H2,1-3H3,(H2,12,14). The van der Waals surface area contributed by atoms with Crippen molar-refractivity contribution < 1.29 is 5.11 Å². The lowest BCUT2D eigenvalue weighted by molar-refractivity contribution is 0.0514. The summed E-state index contributed by atoms with van der Waals surface area (Å²) in [7, 11) is 0. The van der Waals surface area contributed by atoms with Crippen LogP contribution < -0.4 is 11.1 Å². The van der Waals surface area contributed by atoms with Gasteiger partial charge in [-0.25, -0.2) is 4.98 Å². The summed E-state index contributed by atoms with van der Waals surface area (Å²) in [6.45, 7) is 7.89. The summed E-state index contributed by atoms with van der Waals surface area (Å²) in [5, 5.41) is 14.1. The minimum Gasteiger partial charge on any atom is -0.385 e. The molecule has 16 heavy (non-hydrogen) atoms. The van der Waals surface area contributed by atoms with Gasteiger partial charge in [0.2, 0.25) is 0 Å². The summed E-state index contributed by atoms with van der Waals surface area (Å²) in [4.78, 5) is 4.79. The Morgan fingerprint density at radius 1 is 1.62 bits per heavy atom. The first-order valence-electron chi connectivity index (χ1n) is 5.56. The van der Waals surface area contributed by atoms with Gasteiger partial charge >= 0.3 is 0 Å². The van der Waals surface area contributed by atoms with Crippen LogP contribution in [0.3, 0.4) is 0 Å². The highest BCUT2D eigenvalue weighted by atomic mass is 32.1. The molecule has 1 heterocycles. The van der Waals surface area contributed by atoms with Gasteiger partial charge in [-0.15, -0.1) is 0 Å². The van der Waals surface area contributed by atoms with Gasteiger partial charge in [0.1, 0.15) is 0 Å². The van der Waals surface area contributed by atoms with E-state index in [9.17, 15) is 5.11 Å². The maximum atomic E-state index is 10.2. The zero-order valence-electron chi connectivity index (χ0n) is 10.2. The summed E-state index contributed by atoms with van der Waals surface area (Å²) in [6, 6.07) is 0. The Balaban J connectivity index is 2.40. The van der Waals surface area contributed by atoms with Crippen molar-refractivity contribution in [3.63, 3.8) is 0 Å². The third kappa shape index (κ3) is 4.08. The zero-order chi connectivity index (χ0) is 12.2. The molecule has 0 spiro atoms. The highest BCUT2D eigenvalue weighted by Crippen LogP contribution is 2.29. The number of hydrogen-bond acceptors (Lipinski definition) is 5. The van der Waals surface area contributed by atoms with Crippen molar-refractivity contribution in [1.82, 2.24) is 10.3 Å². The van der Waals surface area contributed by atoms with E-state index in [2.05, 4.69) is 24.1 Å². The molecule has 1 aromatic rings. The predicted molar refractivity (Wildman–Crippen MR) is 68.4 cm³/mol. The maximum Gasteiger partial charge on any atom is 0.180 e. The van der Waals surface area contributed by atoms with Gasteiger partial charge in [-0.3, -0.25) is 0 Å². The molecular formula is C11H21N3OS. The van der Waals surface area contributed by atoms with E-state index in [1.165, 1.54) is 11.3 Å². The molecule has 0 aliphatic heterocycles. The molecule has 92 valence electrons. The monoisotopic (exact) mass is 243 g/mol. The average molecular weight is 243 g/mol. The minimum absolute atomic E-state index is 0.505. The lowest BCUT2D eigenvalue weighted by Gasteiger charge is -2.21. The van der Waals surface area contributed by atoms with E-state index in [0.717, 1.165) is 18.0 Å². The second kappa shape index (κ2) is 5.61. The lowest BCUT2D eigenvalue weighted by Crippen LogP contribution is -2.29. The van der Waals surface area contributed by atoms with Crippen molar-refractivity contribution in [3.8, 4) is 0 Å². The quantitative estimate of drug-likeness (QED) is 0.663. The van der Waals surface area contributed by atoms with Crippen molar-refractivity contribution in [1.29, 1.82) is 0 Å². The van der Waals surface area contributed by atoms with Crippen LogP contribution in [0.4, 0.5) is 5.13 Å². The summed E-state index contributed by atoms with van der Waals surface area (Å²) in [6.07, 6.45) is 2.32. The molecule has 0 aromatic carbocycles. The van der Waals surface area contributed by atoms with Crippen LogP contribution in [0, 0.1) is 5.92 Å².